The molecule has 0 unspecified atom stereocenters. The molecule has 0 saturated heterocycles. The van der Waals surface area contributed by atoms with Gasteiger partial charge in [-0.3, -0.25) is 0 Å². The van der Waals surface area contributed by atoms with Gasteiger partial charge in [-0.1, -0.05) is 39.5 Å². The van der Waals surface area contributed by atoms with Crippen LogP contribution in [0, 0.1) is 5.92 Å². The topological polar surface area (TPSA) is 38.0 Å². The highest BCUT2D eigenvalue weighted by molar-refractivity contribution is 4.55. The van der Waals surface area contributed by atoms with Gasteiger partial charge in [-0.25, -0.2) is 0 Å². The van der Waals surface area contributed by atoms with E-state index in [0.717, 1.165) is 12.5 Å². The van der Waals surface area contributed by atoms with Crippen LogP contribution in [0.3, 0.4) is 0 Å². The van der Waals surface area contributed by atoms with Crippen molar-refractivity contribution >= 4 is 0 Å². The number of rotatable bonds is 12. The zero-order valence-corrected chi connectivity index (χ0v) is 11.4. The Balaban J connectivity index is 3.02. The van der Waals surface area contributed by atoms with Crippen LogP contribution in [0.1, 0.15) is 65.2 Å². The minimum absolute atomic E-state index is 0.853. The van der Waals surface area contributed by atoms with Gasteiger partial charge in [0.25, 0.3) is 0 Å². The van der Waals surface area contributed by atoms with Crippen molar-refractivity contribution in [3.63, 3.8) is 0 Å². The van der Waals surface area contributed by atoms with Crippen LogP contribution in [0.25, 0.3) is 0 Å². The fraction of sp³-hybridized carbons (Fsp3) is 1.00. The molecule has 0 spiro atoms. The quantitative estimate of drug-likeness (QED) is 0.503. The minimum Gasteiger partial charge on any atom is -0.330 e. The van der Waals surface area contributed by atoms with Crippen molar-refractivity contribution in [1.29, 1.82) is 0 Å². The second kappa shape index (κ2) is 13.0. The lowest BCUT2D eigenvalue weighted by Crippen LogP contribution is -2.16. The van der Waals surface area contributed by atoms with Crippen LogP contribution >= 0.6 is 0 Å². The summed E-state index contributed by atoms with van der Waals surface area (Å²) in [4.78, 5) is 0. The molecule has 0 bridgehead atoms. The molecule has 0 rings (SSSR count). The Morgan fingerprint density at radius 3 is 2.31 bits per heavy atom. The molecule has 16 heavy (non-hydrogen) atoms. The van der Waals surface area contributed by atoms with E-state index in [-0.39, 0.29) is 0 Å². The van der Waals surface area contributed by atoms with Crippen molar-refractivity contribution in [2.75, 3.05) is 19.6 Å². The molecule has 2 heteroatoms. The highest BCUT2D eigenvalue weighted by Gasteiger charge is 2.00. The molecule has 0 fully saturated rings. The zero-order chi connectivity index (χ0) is 12.1. The largest absolute Gasteiger partial charge is 0.330 e. The van der Waals surface area contributed by atoms with E-state index < -0.39 is 0 Å². The summed E-state index contributed by atoms with van der Waals surface area (Å²) in [6.07, 6.45) is 10.6. The van der Waals surface area contributed by atoms with Crippen molar-refractivity contribution < 1.29 is 0 Å². The Kier molecular flexibility index (Phi) is 12.9. The summed E-state index contributed by atoms with van der Waals surface area (Å²) in [6.45, 7) is 7.85. The first kappa shape index (κ1) is 15.9. The Hall–Kier alpha value is -0.0800. The Bertz CT molecular complexity index is 126. The van der Waals surface area contributed by atoms with Crippen LogP contribution < -0.4 is 11.1 Å². The lowest BCUT2D eigenvalue weighted by Gasteiger charge is -2.10. The molecule has 0 aliphatic rings. The number of hydrogen-bond donors (Lipinski definition) is 2. The normalized spacial score (nSPS) is 12.9. The van der Waals surface area contributed by atoms with E-state index in [4.69, 9.17) is 5.73 Å². The van der Waals surface area contributed by atoms with E-state index in [2.05, 4.69) is 19.2 Å². The predicted octanol–water partition coefficient (Wildman–Crippen LogP) is 3.31. The summed E-state index contributed by atoms with van der Waals surface area (Å²) in [5.74, 6) is 0.872. The molecular weight excluding hydrogens is 196 g/mol. The summed E-state index contributed by atoms with van der Waals surface area (Å²) in [5.41, 5.74) is 5.50. The van der Waals surface area contributed by atoms with Gasteiger partial charge >= 0.3 is 0 Å². The third kappa shape index (κ3) is 12.0. The molecule has 0 aliphatic heterocycles. The van der Waals surface area contributed by atoms with E-state index in [1.54, 1.807) is 0 Å². The monoisotopic (exact) mass is 228 g/mol. The third-order valence-electron chi connectivity index (χ3n) is 3.16. The molecule has 0 radical (unpaired) electrons. The van der Waals surface area contributed by atoms with Gasteiger partial charge in [0.2, 0.25) is 0 Å². The summed E-state index contributed by atoms with van der Waals surface area (Å²) < 4.78 is 0. The molecule has 0 saturated carbocycles. The van der Waals surface area contributed by atoms with E-state index >= 15 is 0 Å². The second-order valence-electron chi connectivity index (χ2n) is 4.99. The first-order valence-corrected chi connectivity index (χ1v) is 7.22. The summed E-state index contributed by atoms with van der Waals surface area (Å²) in [6, 6.07) is 0. The van der Waals surface area contributed by atoms with Crippen LogP contribution in [0.4, 0.5) is 0 Å². The van der Waals surface area contributed by atoms with Crippen molar-refractivity contribution in [1.82, 2.24) is 5.32 Å². The molecule has 0 aliphatic carbocycles. The Morgan fingerprint density at radius 1 is 0.938 bits per heavy atom. The van der Waals surface area contributed by atoms with E-state index in [1.807, 2.05) is 0 Å². The van der Waals surface area contributed by atoms with Gasteiger partial charge in [0.05, 0.1) is 0 Å². The number of nitrogens with two attached hydrogens (primary N) is 1. The van der Waals surface area contributed by atoms with Crippen LogP contribution in [-0.4, -0.2) is 19.6 Å². The van der Waals surface area contributed by atoms with Gasteiger partial charge in [-0.15, -0.1) is 0 Å². The van der Waals surface area contributed by atoms with Gasteiger partial charge in [0, 0.05) is 0 Å². The highest BCUT2D eigenvalue weighted by Crippen LogP contribution is 2.13. The average Bonchev–Trinajstić information content (AvgIpc) is 2.30. The standard InChI is InChI=1S/C14H32N2/c1-3-4-12-16-13-7-5-6-9-14(2)10-8-11-15/h14,16H,3-13,15H2,1-2H3/t14-/m1/s1. The molecule has 0 aromatic carbocycles. The molecule has 0 heterocycles. The second-order valence-corrected chi connectivity index (χ2v) is 4.99. The molecule has 3 N–H and O–H groups in total. The van der Waals surface area contributed by atoms with E-state index in [9.17, 15) is 0 Å². The lowest BCUT2D eigenvalue weighted by molar-refractivity contribution is 0.447. The van der Waals surface area contributed by atoms with Gasteiger partial charge in [0.15, 0.2) is 0 Å². The van der Waals surface area contributed by atoms with E-state index in [1.165, 1.54) is 64.5 Å². The minimum atomic E-state index is 0.853. The number of hydrogen-bond acceptors (Lipinski definition) is 2. The summed E-state index contributed by atoms with van der Waals surface area (Å²) in [7, 11) is 0. The SMILES string of the molecule is CCCCNCCCCC[C@@H](C)CCCN. The van der Waals surface area contributed by atoms with Crippen LogP contribution in [0.5, 0.6) is 0 Å². The van der Waals surface area contributed by atoms with Crippen molar-refractivity contribution in [3.8, 4) is 0 Å². The molecule has 0 amide bonds. The van der Waals surface area contributed by atoms with Crippen LogP contribution in [-0.2, 0) is 0 Å². The molecule has 1 atom stereocenters. The predicted molar refractivity (Wildman–Crippen MR) is 73.7 cm³/mol. The van der Waals surface area contributed by atoms with E-state index in [0.29, 0.717) is 0 Å². The Morgan fingerprint density at radius 2 is 1.62 bits per heavy atom. The summed E-state index contributed by atoms with van der Waals surface area (Å²) >= 11 is 0. The maximum absolute atomic E-state index is 5.50. The Labute approximate surface area is 102 Å². The lowest BCUT2D eigenvalue weighted by atomic mass is 9.98. The fourth-order valence-corrected chi connectivity index (χ4v) is 1.96. The molecule has 0 aromatic rings. The van der Waals surface area contributed by atoms with Crippen LogP contribution in [0.15, 0.2) is 0 Å². The average molecular weight is 228 g/mol. The van der Waals surface area contributed by atoms with Crippen molar-refractivity contribution in [3.05, 3.63) is 0 Å². The maximum Gasteiger partial charge on any atom is -0.00489 e. The van der Waals surface area contributed by atoms with Gasteiger partial charge in [-0.05, 0) is 51.2 Å². The van der Waals surface area contributed by atoms with Gasteiger partial charge < -0.3 is 11.1 Å². The summed E-state index contributed by atoms with van der Waals surface area (Å²) in [5, 5.41) is 3.49. The fourth-order valence-electron chi connectivity index (χ4n) is 1.96. The first-order chi connectivity index (χ1) is 7.81. The zero-order valence-electron chi connectivity index (χ0n) is 11.4. The van der Waals surface area contributed by atoms with Crippen molar-refractivity contribution in [2.24, 2.45) is 11.7 Å². The van der Waals surface area contributed by atoms with Gasteiger partial charge in [-0.2, -0.15) is 0 Å². The molecule has 98 valence electrons. The van der Waals surface area contributed by atoms with Gasteiger partial charge in [0.1, 0.15) is 0 Å². The third-order valence-corrected chi connectivity index (χ3v) is 3.16. The van der Waals surface area contributed by atoms with Crippen molar-refractivity contribution in [2.45, 2.75) is 65.2 Å². The smallest absolute Gasteiger partial charge is 0.00489 e. The first-order valence-electron chi connectivity index (χ1n) is 7.22. The molecular formula is C14H32N2. The molecule has 2 nitrogen and oxygen atoms in total. The number of unbranched alkanes of at least 4 members (excludes halogenated alkanes) is 3. The number of nitrogens with one attached hydrogen (secondary N) is 1. The molecule has 0 aromatic heterocycles. The highest BCUT2D eigenvalue weighted by atomic mass is 14.8. The van der Waals surface area contributed by atoms with Crippen LogP contribution in [0.2, 0.25) is 0 Å². The maximum atomic E-state index is 5.50.